The number of thiocarbonyl (C=S) groups is 1. The fourth-order valence-electron chi connectivity index (χ4n) is 0.380. The lowest BCUT2D eigenvalue weighted by molar-refractivity contribution is 0.200. The average molecular weight is 162 g/mol. The van der Waals surface area contributed by atoms with Crippen LogP contribution in [0.15, 0.2) is 0 Å². The van der Waals surface area contributed by atoms with E-state index in [1.807, 2.05) is 12.2 Å². The number of carboxylic acid groups (broad SMARTS) is 1. The Bertz CT molecular complexity index is 138. The molecular weight excluding hydrogens is 152 g/mol. The van der Waals surface area contributed by atoms with Crippen molar-refractivity contribution >= 4 is 23.4 Å². The van der Waals surface area contributed by atoms with Gasteiger partial charge in [0.15, 0.2) is 5.11 Å². The summed E-state index contributed by atoms with van der Waals surface area (Å²) in [6, 6.07) is 0. The molecule has 0 atom stereocenters. The van der Waals surface area contributed by atoms with Crippen LogP contribution in [-0.2, 0) is 0 Å². The number of hydrogen-bond acceptors (Lipinski definition) is 2. The molecule has 0 fully saturated rings. The van der Waals surface area contributed by atoms with Gasteiger partial charge in [0.25, 0.3) is 0 Å². The van der Waals surface area contributed by atoms with Crippen LogP contribution >= 0.6 is 12.2 Å². The second kappa shape index (κ2) is 4.99. The zero-order valence-corrected chi connectivity index (χ0v) is 6.49. The molecule has 4 nitrogen and oxygen atoms in total. The molecule has 5 heteroatoms. The maximum atomic E-state index is 9.93. The van der Waals surface area contributed by atoms with Crippen LogP contribution in [-0.4, -0.2) is 22.9 Å². The minimum atomic E-state index is -1.13. The number of hydrogen-bond donors (Lipinski definition) is 3. The highest BCUT2D eigenvalue weighted by molar-refractivity contribution is 7.80. The number of rotatable bonds is 2. The first-order valence-corrected chi connectivity index (χ1v) is 3.35. The van der Waals surface area contributed by atoms with Gasteiger partial charge in [-0.05, 0) is 18.6 Å². The third-order valence-corrected chi connectivity index (χ3v) is 1.00. The normalized spacial score (nSPS) is 8.50. The lowest BCUT2D eigenvalue weighted by Crippen LogP contribution is -2.38. The van der Waals surface area contributed by atoms with Crippen LogP contribution in [0.3, 0.4) is 0 Å². The van der Waals surface area contributed by atoms with Crippen LogP contribution < -0.4 is 10.6 Å². The molecular formula is C5H10N2O2S. The number of carbonyl (C=O) groups is 1. The topological polar surface area (TPSA) is 61.4 Å². The lowest BCUT2D eigenvalue weighted by Gasteiger charge is -2.03. The predicted octanol–water partition coefficient (Wildman–Crippen LogP) is 0.538. The molecule has 10 heavy (non-hydrogen) atoms. The summed E-state index contributed by atoms with van der Waals surface area (Å²) in [5.41, 5.74) is 0. The minimum Gasteiger partial charge on any atom is -0.465 e. The highest BCUT2D eigenvalue weighted by Gasteiger charge is 1.97. The maximum absolute atomic E-state index is 9.93. The van der Waals surface area contributed by atoms with Gasteiger partial charge >= 0.3 is 6.09 Å². The van der Waals surface area contributed by atoms with E-state index in [-0.39, 0.29) is 5.11 Å². The zero-order chi connectivity index (χ0) is 7.98. The molecule has 58 valence electrons. The Balaban J connectivity index is 3.35. The van der Waals surface area contributed by atoms with Crippen LogP contribution in [0.25, 0.3) is 0 Å². The zero-order valence-electron chi connectivity index (χ0n) is 5.68. The van der Waals surface area contributed by atoms with Gasteiger partial charge in [0, 0.05) is 6.54 Å². The van der Waals surface area contributed by atoms with Crippen molar-refractivity contribution in [3.05, 3.63) is 0 Å². The van der Waals surface area contributed by atoms with Crippen molar-refractivity contribution in [3.8, 4) is 0 Å². The summed E-state index contributed by atoms with van der Waals surface area (Å²) in [7, 11) is 0. The van der Waals surface area contributed by atoms with E-state index in [0.717, 1.165) is 6.42 Å². The Kier molecular flexibility index (Phi) is 4.57. The SMILES string of the molecule is CCCNC(=S)NC(=O)O. The van der Waals surface area contributed by atoms with Gasteiger partial charge in [0.2, 0.25) is 0 Å². The lowest BCUT2D eigenvalue weighted by atomic mass is 10.5. The molecule has 0 aliphatic rings. The molecule has 0 saturated heterocycles. The minimum absolute atomic E-state index is 0.161. The standard InChI is InChI=1S/C5H10N2O2S/c1-2-3-6-4(10)7-5(8)9/h2-3H2,1H3,(H,8,9)(H2,6,7,10). The van der Waals surface area contributed by atoms with Crippen molar-refractivity contribution in [2.24, 2.45) is 0 Å². The molecule has 0 aromatic carbocycles. The van der Waals surface area contributed by atoms with Gasteiger partial charge in [-0.15, -0.1) is 0 Å². The van der Waals surface area contributed by atoms with Gasteiger partial charge in [0.1, 0.15) is 0 Å². The Hall–Kier alpha value is -0.840. The fraction of sp³-hybridized carbons (Fsp3) is 0.600. The molecule has 0 aromatic heterocycles. The highest BCUT2D eigenvalue weighted by atomic mass is 32.1. The summed E-state index contributed by atoms with van der Waals surface area (Å²) in [4.78, 5) is 9.93. The molecule has 0 aromatic rings. The number of nitrogens with one attached hydrogen (secondary N) is 2. The monoisotopic (exact) mass is 162 g/mol. The summed E-state index contributed by atoms with van der Waals surface area (Å²) in [5.74, 6) is 0. The predicted molar refractivity (Wildman–Crippen MR) is 42.1 cm³/mol. The molecule has 0 unspecified atom stereocenters. The molecule has 0 aliphatic carbocycles. The van der Waals surface area contributed by atoms with E-state index in [4.69, 9.17) is 5.11 Å². The Morgan fingerprint density at radius 1 is 1.70 bits per heavy atom. The number of amides is 1. The van der Waals surface area contributed by atoms with Crippen LogP contribution in [0, 0.1) is 0 Å². The first-order chi connectivity index (χ1) is 4.66. The summed E-state index contributed by atoms with van der Waals surface area (Å²) >= 11 is 4.59. The molecule has 0 radical (unpaired) electrons. The van der Waals surface area contributed by atoms with E-state index in [0.29, 0.717) is 6.54 Å². The summed E-state index contributed by atoms with van der Waals surface area (Å²) in [5, 5.41) is 13.0. The van der Waals surface area contributed by atoms with E-state index in [9.17, 15) is 4.79 Å². The van der Waals surface area contributed by atoms with E-state index >= 15 is 0 Å². The van der Waals surface area contributed by atoms with Crippen molar-refractivity contribution in [2.45, 2.75) is 13.3 Å². The smallest absolute Gasteiger partial charge is 0.410 e. The molecule has 0 bridgehead atoms. The van der Waals surface area contributed by atoms with Gasteiger partial charge in [0.05, 0.1) is 0 Å². The van der Waals surface area contributed by atoms with Gasteiger partial charge in [-0.2, -0.15) is 0 Å². The first-order valence-electron chi connectivity index (χ1n) is 2.94. The molecule has 0 saturated carbocycles. The first kappa shape index (κ1) is 9.16. The molecule has 3 N–H and O–H groups in total. The van der Waals surface area contributed by atoms with Gasteiger partial charge < -0.3 is 10.4 Å². The van der Waals surface area contributed by atoms with Crippen molar-refractivity contribution in [1.82, 2.24) is 10.6 Å². The Labute approximate surface area is 64.6 Å². The van der Waals surface area contributed by atoms with Crippen molar-refractivity contribution < 1.29 is 9.90 Å². The summed E-state index contributed by atoms with van der Waals surface area (Å²) in [6.45, 7) is 2.66. The van der Waals surface area contributed by atoms with E-state index in [1.54, 1.807) is 0 Å². The van der Waals surface area contributed by atoms with Gasteiger partial charge in [-0.1, -0.05) is 6.92 Å². The largest absolute Gasteiger partial charge is 0.465 e. The van der Waals surface area contributed by atoms with E-state index in [1.165, 1.54) is 0 Å². The third kappa shape index (κ3) is 5.30. The van der Waals surface area contributed by atoms with Crippen LogP contribution in [0.5, 0.6) is 0 Å². The molecule has 0 aliphatic heterocycles. The quantitative estimate of drug-likeness (QED) is 0.518. The highest BCUT2D eigenvalue weighted by Crippen LogP contribution is 1.71. The van der Waals surface area contributed by atoms with Crippen molar-refractivity contribution in [2.75, 3.05) is 6.54 Å². The van der Waals surface area contributed by atoms with Crippen molar-refractivity contribution in [1.29, 1.82) is 0 Å². The van der Waals surface area contributed by atoms with E-state index in [2.05, 4.69) is 17.5 Å². The molecule has 1 amide bonds. The molecule has 0 heterocycles. The Morgan fingerprint density at radius 3 is 2.70 bits per heavy atom. The van der Waals surface area contributed by atoms with Crippen LogP contribution in [0.2, 0.25) is 0 Å². The Morgan fingerprint density at radius 2 is 2.30 bits per heavy atom. The molecule has 0 spiro atoms. The molecule has 0 rings (SSSR count). The van der Waals surface area contributed by atoms with Gasteiger partial charge in [-0.3, -0.25) is 5.32 Å². The van der Waals surface area contributed by atoms with Crippen LogP contribution in [0.1, 0.15) is 13.3 Å². The maximum Gasteiger partial charge on any atom is 0.410 e. The summed E-state index contributed by atoms with van der Waals surface area (Å²) in [6.07, 6.45) is -0.213. The fourth-order valence-corrected chi connectivity index (χ4v) is 0.569. The third-order valence-electron chi connectivity index (χ3n) is 0.756. The summed E-state index contributed by atoms with van der Waals surface area (Å²) < 4.78 is 0. The van der Waals surface area contributed by atoms with Crippen molar-refractivity contribution in [3.63, 3.8) is 0 Å². The van der Waals surface area contributed by atoms with Crippen LogP contribution in [0.4, 0.5) is 4.79 Å². The van der Waals surface area contributed by atoms with E-state index < -0.39 is 6.09 Å². The average Bonchev–Trinajstić information content (AvgIpc) is 1.82. The second-order valence-electron chi connectivity index (χ2n) is 1.69. The van der Waals surface area contributed by atoms with Gasteiger partial charge in [-0.25, -0.2) is 4.79 Å². The second-order valence-corrected chi connectivity index (χ2v) is 2.09.